The first-order valence-corrected chi connectivity index (χ1v) is 8.90. The van der Waals surface area contributed by atoms with E-state index in [0.717, 1.165) is 5.56 Å². The van der Waals surface area contributed by atoms with Gasteiger partial charge in [0.2, 0.25) is 0 Å². The lowest BCUT2D eigenvalue weighted by Crippen LogP contribution is -2.73. The molecule has 4 rings (SSSR count). The molecule has 5 nitrogen and oxygen atoms in total. The van der Waals surface area contributed by atoms with Crippen molar-refractivity contribution in [3.63, 3.8) is 0 Å². The summed E-state index contributed by atoms with van der Waals surface area (Å²) in [5.74, 6) is -1.03. The molecular formula is C18H21Cl2NO4. The first-order valence-electron chi connectivity index (χ1n) is 8.14. The Labute approximate surface area is 156 Å². The number of ether oxygens (including phenoxy) is 1. The van der Waals surface area contributed by atoms with Crippen LogP contribution in [-0.4, -0.2) is 28.8 Å². The number of hydrogen-bond acceptors (Lipinski definition) is 3. The predicted octanol–water partition coefficient (Wildman–Crippen LogP) is 4.39. The minimum atomic E-state index is -1.03. The highest BCUT2D eigenvalue weighted by atomic mass is 35.5. The number of carbonyl (C=O) groups is 2. The molecule has 0 spiro atoms. The third kappa shape index (κ3) is 3.20. The summed E-state index contributed by atoms with van der Waals surface area (Å²) < 4.78 is 5.19. The Morgan fingerprint density at radius 1 is 1.20 bits per heavy atom. The summed E-state index contributed by atoms with van der Waals surface area (Å²) in [7, 11) is 0. The number of benzene rings is 1. The molecule has 3 fully saturated rings. The van der Waals surface area contributed by atoms with E-state index in [-0.39, 0.29) is 5.41 Å². The molecule has 1 aromatic carbocycles. The van der Waals surface area contributed by atoms with Crippen LogP contribution in [0.3, 0.4) is 0 Å². The van der Waals surface area contributed by atoms with E-state index in [1.165, 1.54) is 0 Å². The van der Waals surface area contributed by atoms with Crippen LogP contribution in [0.4, 0.5) is 4.79 Å². The third-order valence-electron chi connectivity index (χ3n) is 5.12. The third-order valence-corrected chi connectivity index (χ3v) is 5.86. The Hall–Kier alpha value is -1.46. The van der Waals surface area contributed by atoms with E-state index in [1.54, 1.807) is 26.8 Å². The molecule has 1 unspecified atom stereocenters. The van der Waals surface area contributed by atoms with E-state index < -0.39 is 29.1 Å². The number of carboxylic acids is 1. The fourth-order valence-electron chi connectivity index (χ4n) is 4.21. The zero-order valence-electron chi connectivity index (χ0n) is 14.4. The standard InChI is InChI=1S/C18H21Cl2NO4/c1-16(2,3)25-15(24)21-13(14(22)23)18-7-17(8-18,9-18)10-4-5-11(19)12(20)6-10/h4-6,13H,7-9H2,1-3H3,(H,21,24)(H,22,23). The second-order valence-electron chi connectivity index (χ2n) is 8.22. The molecule has 0 heterocycles. The maximum atomic E-state index is 12.0. The van der Waals surface area contributed by atoms with Gasteiger partial charge in [0.1, 0.15) is 11.6 Å². The van der Waals surface area contributed by atoms with Gasteiger partial charge in [0.15, 0.2) is 0 Å². The van der Waals surface area contributed by atoms with Crippen molar-refractivity contribution >= 4 is 35.3 Å². The summed E-state index contributed by atoms with van der Waals surface area (Å²) in [5.41, 5.74) is -0.0783. The smallest absolute Gasteiger partial charge is 0.408 e. The highest BCUT2D eigenvalue weighted by molar-refractivity contribution is 6.42. The van der Waals surface area contributed by atoms with Gasteiger partial charge in [-0.3, -0.25) is 0 Å². The second-order valence-corrected chi connectivity index (χ2v) is 9.03. The highest BCUT2D eigenvalue weighted by Crippen LogP contribution is 2.75. The van der Waals surface area contributed by atoms with Gasteiger partial charge in [-0.05, 0) is 63.1 Å². The molecular weight excluding hydrogens is 365 g/mol. The summed E-state index contributed by atoms with van der Waals surface area (Å²) >= 11 is 12.1. The number of hydrogen-bond donors (Lipinski definition) is 2. The molecule has 136 valence electrons. The molecule has 0 radical (unpaired) electrons. The molecule has 1 aromatic rings. The average molecular weight is 386 g/mol. The van der Waals surface area contributed by atoms with E-state index >= 15 is 0 Å². The number of carbonyl (C=O) groups excluding carboxylic acids is 1. The van der Waals surface area contributed by atoms with Crippen molar-refractivity contribution in [3.05, 3.63) is 33.8 Å². The van der Waals surface area contributed by atoms with Crippen molar-refractivity contribution in [1.29, 1.82) is 0 Å². The Balaban J connectivity index is 1.70. The number of aliphatic carboxylic acids is 1. The van der Waals surface area contributed by atoms with E-state index in [0.29, 0.717) is 29.3 Å². The van der Waals surface area contributed by atoms with Crippen molar-refractivity contribution in [3.8, 4) is 0 Å². The van der Waals surface area contributed by atoms with Crippen LogP contribution in [0.1, 0.15) is 45.6 Å². The van der Waals surface area contributed by atoms with E-state index in [2.05, 4.69) is 5.32 Å². The molecule has 0 aromatic heterocycles. The number of alkyl carbamates (subject to hydrolysis) is 1. The molecule has 7 heteroatoms. The lowest BCUT2D eigenvalue weighted by atomic mass is 9.31. The maximum absolute atomic E-state index is 12.0. The van der Waals surface area contributed by atoms with Gasteiger partial charge in [-0.25, -0.2) is 9.59 Å². The fraction of sp³-hybridized carbons (Fsp3) is 0.556. The zero-order valence-corrected chi connectivity index (χ0v) is 15.9. The SMILES string of the molecule is CC(C)(C)OC(=O)NC(C(=O)O)C12CC(c3ccc(Cl)c(Cl)c3)(C1)C2. The van der Waals surface area contributed by atoms with Gasteiger partial charge in [0, 0.05) is 5.41 Å². The predicted molar refractivity (Wildman–Crippen MR) is 95.2 cm³/mol. The van der Waals surface area contributed by atoms with Gasteiger partial charge in [-0.15, -0.1) is 0 Å². The van der Waals surface area contributed by atoms with Crippen LogP contribution in [0.15, 0.2) is 18.2 Å². The van der Waals surface area contributed by atoms with Gasteiger partial charge >= 0.3 is 12.1 Å². The molecule has 3 aliphatic carbocycles. The van der Waals surface area contributed by atoms with E-state index in [1.807, 2.05) is 12.1 Å². The Kier molecular flexibility index (Phi) is 4.24. The molecule has 25 heavy (non-hydrogen) atoms. The minimum Gasteiger partial charge on any atom is -0.480 e. The topological polar surface area (TPSA) is 75.6 Å². The number of nitrogens with one attached hydrogen (secondary N) is 1. The quantitative estimate of drug-likeness (QED) is 0.805. The van der Waals surface area contributed by atoms with Crippen molar-refractivity contribution < 1.29 is 19.4 Å². The van der Waals surface area contributed by atoms with Crippen molar-refractivity contribution in [2.75, 3.05) is 0 Å². The molecule has 2 bridgehead atoms. The summed E-state index contributed by atoms with van der Waals surface area (Å²) in [6, 6.07) is 4.60. The summed E-state index contributed by atoms with van der Waals surface area (Å²) in [6.45, 7) is 5.22. The molecule has 3 aliphatic rings. The van der Waals surface area contributed by atoms with E-state index in [9.17, 15) is 14.7 Å². The molecule has 0 aliphatic heterocycles. The molecule has 0 saturated heterocycles. The van der Waals surface area contributed by atoms with Crippen LogP contribution in [0.2, 0.25) is 10.0 Å². The van der Waals surface area contributed by atoms with Crippen LogP contribution in [0.25, 0.3) is 0 Å². The van der Waals surface area contributed by atoms with Crippen LogP contribution in [0.5, 0.6) is 0 Å². The minimum absolute atomic E-state index is 0.0580. The summed E-state index contributed by atoms with van der Waals surface area (Å²) in [4.78, 5) is 23.7. The van der Waals surface area contributed by atoms with Gasteiger partial charge in [0.25, 0.3) is 0 Å². The lowest BCUT2D eigenvalue weighted by Gasteiger charge is -2.72. The van der Waals surface area contributed by atoms with Crippen LogP contribution < -0.4 is 5.32 Å². The monoisotopic (exact) mass is 385 g/mol. The Bertz CT molecular complexity index is 721. The number of amides is 1. The van der Waals surface area contributed by atoms with Gasteiger partial charge in [-0.1, -0.05) is 29.3 Å². The Morgan fingerprint density at radius 2 is 1.80 bits per heavy atom. The van der Waals surface area contributed by atoms with Crippen LogP contribution in [0, 0.1) is 5.41 Å². The first-order chi connectivity index (χ1) is 11.5. The Morgan fingerprint density at radius 3 is 2.28 bits per heavy atom. The molecule has 1 atom stereocenters. The lowest BCUT2D eigenvalue weighted by molar-refractivity contribution is -0.183. The maximum Gasteiger partial charge on any atom is 0.408 e. The zero-order chi connectivity index (χ0) is 18.6. The van der Waals surface area contributed by atoms with Crippen LogP contribution in [-0.2, 0) is 14.9 Å². The van der Waals surface area contributed by atoms with Gasteiger partial charge in [0.05, 0.1) is 10.0 Å². The fourth-order valence-corrected chi connectivity index (χ4v) is 4.51. The number of carboxylic acid groups (broad SMARTS) is 1. The molecule has 2 N–H and O–H groups in total. The van der Waals surface area contributed by atoms with Crippen molar-refractivity contribution in [2.24, 2.45) is 5.41 Å². The summed E-state index contributed by atoms with van der Waals surface area (Å²) in [5, 5.41) is 13.1. The molecule has 3 saturated carbocycles. The van der Waals surface area contributed by atoms with Gasteiger partial charge in [-0.2, -0.15) is 0 Å². The first kappa shape index (κ1) is 18.3. The average Bonchev–Trinajstić information content (AvgIpc) is 2.36. The largest absolute Gasteiger partial charge is 0.480 e. The van der Waals surface area contributed by atoms with E-state index in [4.69, 9.17) is 27.9 Å². The van der Waals surface area contributed by atoms with Gasteiger partial charge < -0.3 is 15.2 Å². The summed E-state index contributed by atoms with van der Waals surface area (Å²) in [6.07, 6.45) is 1.40. The van der Waals surface area contributed by atoms with Crippen molar-refractivity contribution in [1.82, 2.24) is 5.32 Å². The van der Waals surface area contributed by atoms with Crippen molar-refractivity contribution in [2.45, 2.75) is 57.1 Å². The highest BCUT2D eigenvalue weighted by Gasteiger charge is 2.72. The van der Waals surface area contributed by atoms with Crippen LogP contribution >= 0.6 is 23.2 Å². The molecule has 1 amide bonds. The normalized spacial score (nSPS) is 28.4. The number of rotatable bonds is 4. The second kappa shape index (κ2) is 5.78. The number of halogens is 2.